The van der Waals surface area contributed by atoms with Gasteiger partial charge < -0.3 is 15.3 Å². The van der Waals surface area contributed by atoms with E-state index < -0.39 is 5.82 Å². The Morgan fingerprint density at radius 1 is 1.19 bits per heavy atom. The van der Waals surface area contributed by atoms with Crippen LogP contribution in [0, 0.1) is 5.82 Å². The van der Waals surface area contributed by atoms with Crippen molar-refractivity contribution in [3.63, 3.8) is 0 Å². The average Bonchev–Trinajstić information content (AvgIpc) is 3.05. The second-order valence-electron chi connectivity index (χ2n) is 6.38. The second kappa shape index (κ2) is 6.72. The fourth-order valence-electron chi connectivity index (χ4n) is 3.38. The number of benzene rings is 2. The second-order valence-corrected chi connectivity index (χ2v) is 6.38. The highest BCUT2D eigenvalue weighted by Gasteiger charge is 2.22. The third-order valence-electron chi connectivity index (χ3n) is 4.64. The van der Waals surface area contributed by atoms with E-state index in [4.69, 9.17) is 0 Å². The monoisotopic (exact) mass is 363 g/mol. The van der Waals surface area contributed by atoms with E-state index in [1.54, 1.807) is 24.5 Å². The number of anilines is 3. The van der Waals surface area contributed by atoms with Gasteiger partial charge in [0.1, 0.15) is 11.6 Å². The molecule has 0 aliphatic carbocycles. The Balaban J connectivity index is 1.75. The standard InChI is InChI=1S/C21H18FN3O2/c1-2-25(18-5-3-4-6-19(18)26)16-8-15(11-23-12-16)13-7-14-10-20(27)24-21(14)17(22)9-13/h3-9,11-12,26H,2,10H2,1H3,(H,24,27). The Bertz CT molecular complexity index is 1040. The van der Waals surface area contributed by atoms with E-state index in [1.165, 1.54) is 6.07 Å². The number of fused-ring (bicyclic) bond motifs is 1. The summed E-state index contributed by atoms with van der Waals surface area (Å²) in [6.45, 7) is 2.60. The Kier molecular flexibility index (Phi) is 4.24. The van der Waals surface area contributed by atoms with Crippen molar-refractivity contribution in [3.05, 3.63) is 66.2 Å². The Morgan fingerprint density at radius 3 is 2.78 bits per heavy atom. The van der Waals surface area contributed by atoms with Crippen molar-refractivity contribution in [1.82, 2.24) is 4.98 Å². The third-order valence-corrected chi connectivity index (χ3v) is 4.64. The SMILES string of the molecule is CCN(c1cncc(-c2cc(F)c3c(c2)CC(=O)N3)c1)c1ccccc1O. The topological polar surface area (TPSA) is 65.5 Å². The summed E-state index contributed by atoms with van der Waals surface area (Å²) in [5.74, 6) is -0.477. The first-order chi connectivity index (χ1) is 13.1. The van der Waals surface area contributed by atoms with Gasteiger partial charge in [0.05, 0.1) is 29.7 Å². The van der Waals surface area contributed by atoms with Gasteiger partial charge in [0.2, 0.25) is 5.91 Å². The Hall–Kier alpha value is -3.41. The highest BCUT2D eigenvalue weighted by molar-refractivity contribution is 6.00. The van der Waals surface area contributed by atoms with Gasteiger partial charge in [-0.3, -0.25) is 9.78 Å². The maximum atomic E-state index is 14.4. The molecule has 1 amide bonds. The molecular weight excluding hydrogens is 345 g/mol. The van der Waals surface area contributed by atoms with Crippen LogP contribution < -0.4 is 10.2 Å². The molecule has 0 saturated carbocycles. The molecule has 0 unspecified atom stereocenters. The van der Waals surface area contributed by atoms with Crippen LogP contribution in [-0.4, -0.2) is 22.5 Å². The Labute approximate surface area is 156 Å². The van der Waals surface area contributed by atoms with Gasteiger partial charge in [-0.15, -0.1) is 0 Å². The van der Waals surface area contributed by atoms with Crippen molar-refractivity contribution < 1.29 is 14.3 Å². The van der Waals surface area contributed by atoms with Gasteiger partial charge in [0.25, 0.3) is 0 Å². The summed E-state index contributed by atoms with van der Waals surface area (Å²) in [5.41, 5.74) is 3.76. The fraction of sp³-hybridized carbons (Fsp3) is 0.143. The van der Waals surface area contributed by atoms with Gasteiger partial charge in [-0.25, -0.2) is 4.39 Å². The molecule has 1 aliphatic heterocycles. The molecule has 1 aliphatic rings. The number of hydrogen-bond donors (Lipinski definition) is 2. The maximum absolute atomic E-state index is 14.4. The summed E-state index contributed by atoms with van der Waals surface area (Å²) in [7, 11) is 0. The van der Waals surface area contributed by atoms with Crippen molar-refractivity contribution in [2.75, 3.05) is 16.8 Å². The van der Waals surface area contributed by atoms with Crippen molar-refractivity contribution in [1.29, 1.82) is 0 Å². The molecule has 4 rings (SSSR count). The van der Waals surface area contributed by atoms with E-state index in [0.29, 0.717) is 23.4 Å². The minimum absolute atomic E-state index is 0.173. The average molecular weight is 363 g/mol. The number of pyridine rings is 1. The highest BCUT2D eigenvalue weighted by Crippen LogP contribution is 2.36. The number of amides is 1. The molecule has 0 fully saturated rings. The van der Waals surface area contributed by atoms with Crippen molar-refractivity contribution in [2.45, 2.75) is 13.3 Å². The van der Waals surface area contributed by atoms with Crippen molar-refractivity contribution >= 4 is 23.0 Å². The number of carbonyl (C=O) groups is 1. The number of aromatic hydroxyl groups is 1. The number of para-hydroxylation sites is 2. The number of hydrogen-bond acceptors (Lipinski definition) is 4. The van der Waals surface area contributed by atoms with Crippen LogP contribution in [0.3, 0.4) is 0 Å². The van der Waals surface area contributed by atoms with Crippen LogP contribution in [0.15, 0.2) is 54.9 Å². The molecular formula is C21H18FN3O2. The first-order valence-corrected chi connectivity index (χ1v) is 8.70. The number of nitrogens with one attached hydrogen (secondary N) is 1. The minimum Gasteiger partial charge on any atom is -0.506 e. The summed E-state index contributed by atoms with van der Waals surface area (Å²) >= 11 is 0. The first-order valence-electron chi connectivity index (χ1n) is 8.70. The van der Waals surface area contributed by atoms with Crippen LogP contribution in [0.25, 0.3) is 11.1 Å². The lowest BCUT2D eigenvalue weighted by molar-refractivity contribution is -0.115. The van der Waals surface area contributed by atoms with Crippen molar-refractivity contribution in [3.8, 4) is 16.9 Å². The van der Waals surface area contributed by atoms with E-state index in [-0.39, 0.29) is 23.8 Å². The summed E-state index contributed by atoms with van der Waals surface area (Å²) in [4.78, 5) is 17.8. The number of aromatic nitrogens is 1. The van der Waals surface area contributed by atoms with Gasteiger partial charge in [0.15, 0.2) is 0 Å². The van der Waals surface area contributed by atoms with Crippen LogP contribution in [0.2, 0.25) is 0 Å². The molecule has 2 aromatic carbocycles. The number of halogens is 1. The lowest BCUT2D eigenvalue weighted by atomic mass is 10.0. The van der Waals surface area contributed by atoms with Gasteiger partial charge in [-0.2, -0.15) is 0 Å². The molecule has 0 radical (unpaired) electrons. The van der Waals surface area contributed by atoms with E-state index in [0.717, 1.165) is 11.3 Å². The van der Waals surface area contributed by atoms with Crippen LogP contribution in [0.5, 0.6) is 5.75 Å². The third kappa shape index (κ3) is 3.10. The minimum atomic E-state index is -0.452. The summed E-state index contributed by atoms with van der Waals surface area (Å²) in [5, 5.41) is 12.7. The van der Waals surface area contributed by atoms with Crippen molar-refractivity contribution in [2.24, 2.45) is 0 Å². The lowest BCUT2D eigenvalue weighted by Gasteiger charge is -2.24. The Morgan fingerprint density at radius 2 is 2.00 bits per heavy atom. The molecule has 0 spiro atoms. The zero-order chi connectivity index (χ0) is 19.0. The predicted octanol–water partition coefficient (Wildman–Crippen LogP) is 4.25. The van der Waals surface area contributed by atoms with Gasteiger partial charge >= 0.3 is 0 Å². The van der Waals surface area contributed by atoms with Gasteiger partial charge in [-0.05, 0) is 48.4 Å². The number of phenolic OH excluding ortho intramolecular Hbond substituents is 1. The maximum Gasteiger partial charge on any atom is 0.228 e. The predicted molar refractivity (Wildman–Crippen MR) is 103 cm³/mol. The molecule has 0 atom stereocenters. The first kappa shape index (κ1) is 17.0. The zero-order valence-corrected chi connectivity index (χ0v) is 14.7. The van der Waals surface area contributed by atoms with Crippen LogP contribution in [-0.2, 0) is 11.2 Å². The number of nitrogens with zero attached hydrogens (tertiary/aromatic N) is 2. The molecule has 0 bridgehead atoms. The lowest BCUT2D eigenvalue weighted by Crippen LogP contribution is -2.16. The number of phenols is 1. The van der Waals surface area contributed by atoms with E-state index in [2.05, 4.69) is 10.3 Å². The van der Waals surface area contributed by atoms with Crippen LogP contribution in [0.4, 0.5) is 21.5 Å². The molecule has 5 nitrogen and oxygen atoms in total. The molecule has 0 saturated heterocycles. The van der Waals surface area contributed by atoms with Crippen LogP contribution in [0.1, 0.15) is 12.5 Å². The normalized spacial score (nSPS) is 12.6. The van der Waals surface area contributed by atoms with E-state index >= 15 is 0 Å². The molecule has 6 heteroatoms. The summed E-state index contributed by atoms with van der Waals surface area (Å²) in [6.07, 6.45) is 3.54. The smallest absolute Gasteiger partial charge is 0.228 e. The molecule has 136 valence electrons. The van der Waals surface area contributed by atoms with E-state index in [9.17, 15) is 14.3 Å². The summed E-state index contributed by atoms with van der Waals surface area (Å²) in [6, 6.07) is 12.2. The van der Waals surface area contributed by atoms with E-state index in [1.807, 2.05) is 36.1 Å². The zero-order valence-electron chi connectivity index (χ0n) is 14.7. The quantitative estimate of drug-likeness (QED) is 0.727. The number of carbonyl (C=O) groups excluding carboxylic acids is 1. The molecule has 2 N–H and O–H groups in total. The molecule has 3 aromatic rings. The summed E-state index contributed by atoms with van der Waals surface area (Å²) < 4.78 is 14.4. The molecule has 27 heavy (non-hydrogen) atoms. The van der Waals surface area contributed by atoms with Gasteiger partial charge in [0, 0.05) is 18.3 Å². The highest BCUT2D eigenvalue weighted by atomic mass is 19.1. The number of rotatable bonds is 4. The largest absolute Gasteiger partial charge is 0.506 e. The molecule has 1 aromatic heterocycles. The van der Waals surface area contributed by atoms with Crippen LogP contribution >= 0.6 is 0 Å². The molecule has 2 heterocycles. The van der Waals surface area contributed by atoms with Gasteiger partial charge in [-0.1, -0.05) is 12.1 Å². The fourth-order valence-corrected chi connectivity index (χ4v) is 3.38.